The molecule has 0 saturated carbocycles. The molecule has 0 spiro atoms. The number of nitrogens with zero attached hydrogens (tertiary/aromatic N) is 2. The minimum absolute atomic E-state index is 0.0367. The average Bonchev–Trinajstić information content (AvgIpc) is 3.09. The van der Waals surface area contributed by atoms with Crippen LogP contribution in [0.25, 0.3) is 10.9 Å². The minimum atomic E-state index is -3.10. The zero-order valence-electron chi connectivity index (χ0n) is 17.3. The molecule has 1 atom stereocenters. The van der Waals surface area contributed by atoms with E-state index in [-0.39, 0.29) is 17.5 Å². The number of carbonyl (C=O) groups excluding carboxylic acids is 2. The van der Waals surface area contributed by atoms with Gasteiger partial charge in [-0.1, -0.05) is 11.6 Å². The largest absolute Gasteiger partial charge is 0.452 e. The molecule has 160 valence electrons. The normalized spacial score (nSPS) is 20.0. The molecule has 1 amide bonds. The Labute approximate surface area is 176 Å². The monoisotopic (exact) mass is 430 g/mol. The first-order valence-corrected chi connectivity index (χ1v) is 12.1. The van der Waals surface area contributed by atoms with Crippen LogP contribution in [0.2, 0.25) is 0 Å². The number of hydrogen-bond donors (Lipinski definition) is 0. The average molecular weight is 431 g/mol. The number of aryl methyl sites for hydroxylation is 2. The van der Waals surface area contributed by atoms with Crippen LogP contribution in [0.3, 0.4) is 0 Å². The Morgan fingerprint density at radius 1 is 1.23 bits per heavy atom. The molecule has 1 aromatic heterocycles. The molecule has 7 nitrogen and oxygen atoms in total. The summed E-state index contributed by atoms with van der Waals surface area (Å²) in [6, 6.07) is 5.45. The van der Waals surface area contributed by atoms with Crippen LogP contribution < -0.4 is 0 Å². The molecule has 0 bridgehead atoms. The molecule has 1 aromatic carbocycles. The number of aromatic nitrogens is 1. The quantitative estimate of drug-likeness (QED) is 0.691. The highest BCUT2D eigenvalue weighted by Gasteiger charge is 2.33. The summed E-state index contributed by atoms with van der Waals surface area (Å²) in [5, 5.41) is 0.753. The molecule has 2 heterocycles. The van der Waals surface area contributed by atoms with Crippen molar-refractivity contribution >= 4 is 32.6 Å². The van der Waals surface area contributed by atoms with Gasteiger partial charge in [0.2, 0.25) is 0 Å². The van der Waals surface area contributed by atoms with Gasteiger partial charge in [-0.25, -0.2) is 13.2 Å². The third kappa shape index (κ3) is 4.05. The molecule has 1 fully saturated rings. The fraction of sp³-hybridized carbons (Fsp3) is 0.500. The molecular formula is C22H26N2O5S. The lowest BCUT2D eigenvalue weighted by Crippen LogP contribution is -2.40. The molecule has 1 saturated heterocycles. The molecule has 2 aliphatic rings. The van der Waals surface area contributed by atoms with Gasteiger partial charge in [0, 0.05) is 24.2 Å². The number of carbonyl (C=O) groups is 2. The van der Waals surface area contributed by atoms with Crippen molar-refractivity contribution in [1.29, 1.82) is 0 Å². The van der Waals surface area contributed by atoms with E-state index in [9.17, 15) is 18.0 Å². The predicted octanol–water partition coefficient (Wildman–Crippen LogP) is 2.22. The summed E-state index contributed by atoms with van der Waals surface area (Å²) in [6.45, 7) is 1.55. The van der Waals surface area contributed by atoms with E-state index in [1.807, 2.05) is 25.1 Å². The molecule has 1 aliphatic carbocycles. The molecule has 4 rings (SSSR count). The van der Waals surface area contributed by atoms with Gasteiger partial charge in [0.15, 0.2) is 16.4 Å². The van der Waals surface area contributed by atoms with Gasteiger partial charge in [-0.2, -0.15) is 0 Å². The molecular weight excluding hydrogens is 404 g/mol. The summed E-state index contributed by atoms with van der Waals surface area (Å²) >= 11 is 0. The van der Waals surface area contributed by atoms with Crippen molar-refractivity contribution in [2.75, 3.05) is 25.2 Å². The number of esters is 1. The van der Waals surface area contributed by atoms with E-state index in [0.717, 1.165) is 53.4 Å². The van der Waals surface area contributed by atoms with Crippen molar-refractivity contribution in [1.82, 2.24) is 9.88 Å². The Balaban J connectivity index is 1.56. The number of ether oxygens (including phenoxy) is 1. The van der Waals surface area contributed by atoms with Crippen LogP contribution in [0.15, 0.2) is 18.2 Å². The third-order valence-corrected chi connectivity index (χ3v) is 7.85. The molecule has 30 heavy (non-hydrogen) atoms. The van der Waals surface area contributed by atoms with Crippen LogP contribution in [-0.2, 0) is 32.2 Å². The summed E-state index contributed by atoms with van der Waals surface area (Å²) in [7, 11) is -1.53. The number of amides is 1. The highest BCUT2D eigenvalue weighted by atomic mass is 32.2. The first-order chi connectivity index (χ1) is 14.2. The van der Waals surface area contributed by atoms with Gasteiger partial charge in [-0.3, -0.25) is 9.78 Å². The van der Waals surface area contributed by atoms with E-state index >= 15 is 0 Å². The second kappa shape index (κ2) is 7.98. The minimum Gasteiger partial charge on any atom is -0.452 e. The number of likely N-dealkylation sites (N-methyl/N-ethyl adjacent to an activating group) is 1. The van der Waals surface area contributed by atoms with Gasteiger partial charge in [0.25, 0.3) is 5.91 Å². The van der Waals surface area contributed by atoms with Crippen LogP contribution >= 0.6 is 0 Å². The maximum absolute atomic E-state index is 13.1. The van der Waals surface area contributed by atoms with Crippen LogP contribution in [-0.4, -0.2) is 61.4 Å². The van der Waals surface area contributed by atoms with Gasteiger partial charge >= 0.3 is 5.97 Å². The van der Waals surface area contributed by atoms with Crippen molar-refractivity contribution in [2.24, 2.45) is 0 Å². The second-order valence-corrected chi connectivity index (χ2v) is 10.5. The van der Waals surface area contributed by atoms with E-state index in [0.29, 0.717) is 12.0 Å². The summed E-state index contributed by atoms with van der Waals surface area (Å²) in [4.78, 5) is 31.7. The van der Waals surface area contributed by atoms with Gasteiger partial charge < -0.3 is 9.64 Å². The Kier molecular flexibility index (Phi) is 5.53. The standard InChI is InChI=1S/C22H26N2O5S/c1-14-7-8-19-17(11-14)21(16-5-3-4-6-18(16)23-19)22(26)29-12-20(25)24(2)15-9-10-30(27,28)13-15/h7-8,11,15H,3-6,9-10,12-13H2,1-2H3/t15-/m0/s1. The second-order valence-electron chi connectivity index (χ2n) is 8.28. The molecule has 0 radical (unpaired) electrons. The van der Waals surface area contributed by atoms with E-state index in [2.05, 4.69) is 0 Å². The van der Waals surface area contributed by atoms with Crippen LogP contribution in [0.1, 0.15) is 46.4 Å². The van der Waals surface area contributed by atoms with Crippen molar-refractivity contribution in [3.63, 3.8) is 0 Å². The summed E-state index contributed by atoms with van der Waals surface area (Å²) in [5.41, 5.74) is 4.15. The lowest BCUT2D eigenvalue weighted by atomic mass is 9.89. The Morgan fingerprint density at radius 2 is 2.00 bits per heavy atom. The van der Waals surface area contributed by atoms with E-state index < -0.39 is 28.3 Å². The smallest absolute Gasteiger partial charge is 0.339 e. The maximum Gasteiger partial charge on any atom is 0.339 e. The fourth-order valence-corrected chi connectivity index (χ4v) is 6.13. The zero-order valence-corrected chi connectivity index (χ0v) is 18.1. The first-order valence-electron chi connectivity index (χ1n) is 10.3. The fourth-order valence-electron chi connectivity index (χ4n) is 4.36. The maximum atomic E-state index is 13.1. The van der Waals surface area contributed by atoms with Crippen molar-refractivity contribution in [3.8, 4) is 0 Å². The van der Waals surface area contributed by atoms with Crippen LogP contribution in [0.5, 0.6) is 0 Å². The number of hydrogen-bond acceptors (Lipinski definition) is 6. The number of sulfone groups is 1. The van der Waals surface area contributed by atoms with Gasteiger partial charge in [-0.15, -0.1) is 0 Å². The summed E-state index contributed by atoms with van der Waals surface area (Å²) in [5.74, 6) is -0.866. The lowest BCUT2D eigenvalue weighted by molar-refractivity contribution is -0.134. The van der Waals surface area contributed by atoms with Crippen molar-refractivity contribution in [3.05, 3.63) is 40.6 Å². The predicted molar refractivity (Wildman–Crippen MR) is 113 cm³/mol. The van der Waals surface area contributed by atoms with Gasteiger partial charge in [-0.05, 0) is 56.7 Å². The van der Waals surface area contributed by atoms with E-state index in [4.69, 9.17) is 9.72 Å². The van der Waals surface area contributed by atoms with Crippen molar-refractivity contribution in [2.45, 2.75) is 45.1 Å². The first kappa shape index (κ1) is 20.8. The molecule has 0 N–H and O–H groups in total. The molecule has 0 unspecified atom stereocenters. The number of fused-ring (bicyclic) bond motifs is 2. The highest BCUT2D eigenvalue weighted by Crippen LogP contribution is 2.30. The number of benzene rings is 1. The molecule has 2 aromatic rings. The summed E-state index contributed by atoms with van der Waals surface area (Å²) in [6.07, 6.45) is 4.05. The summed E-state index contributed by atoms with van der Waals surface area (Å²) < 4.78 is 28.8. The highest BCUT2D eigenvalue weighted by molar-refractivity contribution is 7.91. The SMILES string of the molecule is Cc1ccc2nc3c(c(C(=O)OCC(=O)N(C)[C@H]4CCS(=O)(=O)C4)c2c1)CCCC3. The van der Waals surface area contributed by atoms with Crippen molar-refractivity contribution < 1.29 is 22.7 Å². The third-order valence-electron chi connectivity index (χ3n) is 6.10. The Hall–Kier alpha value is -2.48. The Morgan fingerprint density at radius 3 is 2.73 bits per heavy atom. The lowest BCUT2D eigenvalue weighted by Gasteiger charge is -2.24. The van der Waals surface area contributed by atoms with Crippen LogP contribution in [0, 0.1) is 6.92 Å². The van der Waals surface area contributed by atoms with Crippen LogP contribution in [0.4, 0.5) is 0 Å². The molecule has 8 heteroatoms. The van der Waals surface area contributed by atoms with E-state index in [1.54, 1.807) is 7.05 Å². The zero-order chi connectivity index (χ0) is 21.5. The number of pyridine rings is 1. The van der Waals surface area contributed by atoms with Gasteiger partial charge in [0.05, 0.1) is 22.6 Å². The number of rotatable bonds is 4. The topological polar surface area (TPSA) is 93.6 Å². The Bertz CT molecular complexity index is 1130. The van der Waals surface area contributed by atoms with E-state index in [1.165, 1.54) is 4.90 Å². The van der Waals surface area contributed by atoms with Gasteiger partial charge in [0.1, 0.15) is 0 Å². The molecule has 1 aliphatic heterocycles.